The fourth-order valence-electron chi connectivity index (χ4n) is 4.39. The minimum Gasteiger partial charge on any atom is -0.408 e. The number of H-pyrrole nitrogens is 1. The number of halogens is 1. The van der Waals surface area contributed by atoms with Gasteiger partial charge in [-0.2, -0.15) is 0 Å². The fourth-order valence-corrected chi connectivity index (χ4v) is 4.39. The summed E-state index contributed by atoms with van der Waals surface area (Å²) in [5, 5.41) is 0. The zero-order valence-corrected chi connectivity index (χ0v) is 16.5. The number of hydrogen-bond donors (Lipinski definition) is 1. The van der Waals surface area contributed by atoms with E-state index in [2.05, 4.69) is 27.0 Å². The monoisotopic (exact) mass is 403 g/mol. The van der Waals surface area contributed by atoms with Crippen molar-refractivity contribution in [3.8, 4) is 11.1 Å². The summed E-state index contributed by atoms with van der Waals surface area (Å²) in [6.45, 7) is 2.64. The molecule has 0 aliphatic carbocycles. The van der Waals surface area contributed by atoms with Crippen LogP contribution in [0.5, 0.6) is 0 Å². The molecule has 5 rings (SSSR count). The quantitative estimate of drug-likeness (QED) is 0.536. The van der Waals surface area contributed by atoms with Crippen LogP contribution in [0.3, 0.4) is 0 Å². The van der Waals surface area contributed by atoms with Crippen molar-refractivity contribution in [3.63, 3.8) is 0 Å². The van der Waals surface area contributed by atoms with Crippen LogP contribution in [0.1, 0.15) is 30.0 Å². The molecular weight excluding hydrogens is 381 g/mol. The number of hydrogen-bond acceptors (Lipinski definition) is 4. The zero-order valence-electron chi connectivity index (χ0n) is 16.5. The summed E-state index contributed by atoms with van der Waals surface area (Å²) in [4.78, 5) is 21.3. The molecule has 30 heavy (non-hydrogen) atoms. The Labute approximate surface area is 173 Å². The summed E-state index contributed by atoms with van der Waals surface area (Å²) >= 11 is 0. The first-order chi connectivity index (χ1) is 14.7. The first-order valence-corrected chi connectivity index (χ1v) is 10.2. The molecule has 1 aliphatic heterocycles. The molecule has 3 heterocycles. The summed E-state index contributed by atoms with van der Waals surface area (Å²) < 4.78 is 18.6. The maximum Gasteiger partial charge on any atom is 0.417 e. The van der Waals surface area contributed by atoms with E-state index in [9.17, 15) is 9.18 Å². The second-order valence-electron chi connectivity index (χ2n) is 7.86. The predicted molar refractivity (Wildman–Crippen MR) is 114 cm³/mol. The third-order valence-electron chi connectivity index (χ3n) is 5.80. The Morgan fingerprint density at radius 2 is 2.00 bits per heavy atom. The normalized spacial score (nSPS) is 17.4. The van der Waals surface area contributed by atoms with E-state index < -0.39 is 5.76 Å². The fraction of sp³-hybridized carbons (Fsp3) is 0.250. The molecule has 1 fully saturated rings. The summed E-state index contributed by atoms with van der Waals surface area (Å²) in [6.07, 6.45) is 3.95. The van der Waals surface area contributed by atoms with E-state index in [0.29, 0.717) is 11.5 Å². The molecule has 2 aromatic carbocycles. The van der Waals surface area contributed by atoms with Gasteiger partial charge in [0.05, 0.1) is 11.2 Å². The number of piperidine rings is 1. The molecule has 6 heteroatoms. The molecule has 1 atom stereocenters. The van der Waals surface area contributed by atoms with Crippen molar-refractivity contribution in [2.24, 2.45) is 0 Å². The molecule has 1 N–H and O–H groups in total. The molecule has 152 valence electrons. The third kappa shape index (κ3) is 3.78. The molecule has 1 unspecified atom stereocenters. The van der Waals surface area contributed by atoms with Crippen LogP contribution < -0.4 is 5.76 Å². The summed E-state index contributed by atoms with van der Waals surface area (Å²) in [7, 11) is 0. The van der Waals surface area contributed by atoms with Crippen molar-refractivity contribution in [1.29, 1.82) is 0 Å². The highest BCUT2D eigenvalue weighted by molar-refractivity contribution is 5.76. The highest BCUT2D eigenvalue weighted by Gasteiger charge is 2.24. The topological polar surface area (TPSA) is 62.1 Å². The van der Waals surface area contributed by atoms with Gasteiger partial charge in [-0.25, -0.2) is 9.18 Å². The predicted octanol–water partition coefficient (Wildman–Crippen LogP) is 4.70. The van der Waals surface area contributed by atoms with Gasteiger partial charge < -0.3 is 4.42 Å². The lowest BCUT2D eigenvalue weighted by Crippen LogP contribution is -2.34. The highest BCUT2D eigenvalue weighted by atomic mass is 19.1. The van der Waals surface area contributed by atoms with Crippen molar-refractivity contribution in [1.82, 2.24) is 14.9 Å². The molecule has 5 nitrogen and oxygen atoms in total. The van der Waals surface area contributed by atoms with Gasteiger partial charge in [0, 0.05) is 30.8 Å². The van der Waals surface area contributed by atoms with E-state index in [-0.39, 0.29) is 5.82 Å². The number of nitrogens with zero attached hydrogens (tertiary/aromatic N) is 2. The number of para-hydroxylation sites is 1. The van der Waals surface area contributed by atoms with E-state index in [1.54, 1.807) is 12.1 Å². The first kappa shape index (κ1) is 18.8. The van der Waals surface area contributed by atoms with Crippen LogP contribution in [0.25, 0.3) is 22.2 Å². The van der Waals surface area contributed by atoms with Gasteiger partial charge in [0.25, 0.3) is 0 Å². The van der Waals surface area contributed by atoms with Crippen LogP contribution in [-0.4, -0.2) is 28.0 Å². The van der Waals surface area contributed by atoms with Gasteiger partial charge >= 0.3 is 5.76 Å². The number of oxazole rings is 1. The van der Waals surface area contributed by atoms with Crippen LogP contribution in [0.4, 0.5) is 4.39 Å². The Bertz CT molecular complexity index is 1230. The molecular formula is C24H22FN3O2. The lowest BCUT2D eigenvalue weighted by atomic mass is 9.90. The Morgan fingerprint density at radius 1 is 1.13 bits per heavy atom. The smallest absolute Gasteiger partial charge is 0.408 e. The van der Waals surface area contributed by atoms with Crippen LogP contribution in [0.15, 0.2) is 70.0 Å². The van der Waals surface area contributed by atoms with Gasteiger partial charge in [-0.3, -0.25) is 14.9 Å². The maximum absolute atomic E-state index is 13.2. The molecule has 0 radical (unpaired) electrons. The number of aromatic amines is 1. The molecule has 0 saturated carbocycles. The van der Waals surface area contributed by atoms with Gasteiger partial charge in [-0.1, -0.05) is 24.3 Å². The standard InChI is InChI=1S/C24H22FN3O2/c25-19-8-6-16(7-9-19)17-10-11-26-20(13-17)15-28-12-2-3-18(14-28)21-4-1-5-22-23(21)30-24(29)27-22/h1,4-11,13,18H,2-3,12,14-15H2,(H,27,29). The molecule has 2 aromatic heterocycles. The average molecular weight is 403 g/mol. The third-order valence-corrected chi connectivity index (χ3v) is 5.80. The second-order valence-corrected chi connectivity index (χ2v) is 7.86. The van der Waals surface area contributed by atoms with Crippen LogP contribution in [-0.2, 0) is 6.54 Å². The van der Waals surface area contributed by atoms with Gasteiger partial charge in [0.15, 0.2) is 5.58 Å². The number of aromatic nitrogens is 2. The molecule has 0 bridgehead atoms. The summed E-state index contributed by atoms with van der Waals surface area (Å²) in [6, 6.07) is 16.4. The number of benzene rings is 2. The van der Waals surface area contributed by atoms with E-state index in [0.717, 1.165) is 60.4 Å². The number of nitrogens with one attached hydrogen (secondary N) is 1. The van der Waals surface area contributed by atoms with E-state index >= 15 is 0 Å². The second kappa shape index (κ2) is 7.88. The van der Waals surface area contributed by atoms with E-state index in [1.165, 1.54) is 12.1 Å². The number of rotatable bonds is 4. The van der Waals surface area contributed by atoms with Crippen molar-refractivity contribution in [2.75, 3.05) is 13.1 Å². The largest absolute Gasteiger partial charge is 0.417 e. The van der Waals surface area contributed by atoms with E-state index in [1.807, 2.05) is 24.4 Å². The van der Waals surface area contributed by atoms with Gasteiger partial charge in [0.1, 0.15) is 5.82 Å². The van der Waals surface area contributed by atoms with Crippen LogP contribution in [0, 0.1) is 5.82 Å². The first-order valence-electron chi connectivity index (χ1n) is 10.2. The lowest BCUT2D eigenvalue weighted by Gasteiger charge is -2.32. The Balaban J connectivity index is 1.35. The Hall–Kier alpha value is -3.25. The van der Waals surface area contributed by atoms with Crippen LogP contribution in [0.2, 0.25) is 0 Å². The van der Waals surface area contributed by atoms with Gasteiger partial charge in [-0.05, 0) is 60.8 Å². The van der Waals surface area contributed by atoms with Crippen molar-refractivity contribution in [3.05, 3.63) is 88.4 Å². The molecule has 0 spiro atoms. The SMILES string of the molecule is O=c1[nH]c2cccc(C3CCCN(Cc4cc(-c5ccc(F)cc5)ccn4)C3)c2o1. The molecule has 1 saturated heterocycles. The van der Waals surface area contributed by atoms with Crippen molar-refractivity contribution in [2.45, 2.75) is 25.3 Å². The Kier molecular flexibility index (Phi) is 4.93. The van der Waals surface area contributed by atoms with Gasteiger partial charge in [-0.15, -0.1) is 0 Å². The average Bonchev–Trinajstić information content (AvgIpc) is 3.15. The number of likely N-dealkylation sites (tertiary alicyclic amines) is 1. The Morgan fingerprint density at radius 3 is 2.87 bits per heavy atom. The lowest BCUT2D eigenvalue weighted by molar-refractivity contribution is 0.198. The van der Waals surface area contributed by atoms with Gasteiger partial charge in [0.2, 0.25) is 0 Å². The minimum atomic E-state index is -0.410. The molecule has 1 aliphatic rings. The summed E-state index contributed by atoms with van der Waals surface area (Å²) in [5.74, 6) is -0.339. The summed E-state index contributed by atoms with van der Waals surface area (Å²) in [5.41, 5.74) is 5.51. The number of fused-ring (bicyclic) bond motifs is 1. The van der Waals surface area contributed by atoms with Crippen LogP contribution >= 0.6 is 0 Å². The highest BCUT2D eigenvalue weighted by Crippen LogP contribution is 2.32. The van der Waals surface area contributed by atoms with Crippen molar-refractivity contribution < 1.29 is 8.81 Å². The molecule has 0 amide bonds. The van der Waals surface area contributed by atoms with E-state index in [4.69, 9.17) is 4.42 Å². The van der Waals surface area contributed by atoms with Crippen molar-refractivity contribution >= 4 is 11.1 Å². The minimum absolute atomic E-state index is 0.235. The maximum atomic E-state index is 13.2. The zero-order chi connectivity index (χ0) is 20.5. The molecule has 4 aromatic rings. The number of pyridine rings is 1.